The predicted octanol–water partition coefficient (Wildman–Crippen LogP) is 5.41. The lowest BCUT2D eigenvalue weighted by Gasteiger charge is -2.08. The number of ether oxygens (including phenoxy) is 1. The van der Waals surface area contributed by atoms with E-state index < -0.39 is 34.0 Å². The molecule has 2 aromatic carbocycles. The third-order valence-electron chi connectivity index (χ3n) is 4.58. The van der Waals surface area contributed by atoms with Gasteiger partial charge < -0.3 is 9.84 Å². The van der Waals surface area contributed by atoms with E-state index in [0.29, 0.717) is 26.0 Å². The monoisotopic (exact) mass is 535 g/mol. The lowest BCUT2D eigenvalue weighted by molar-refractivity contribution is -0.385. The van der Waals surface area contributed by atoms with Crippen LogP contribution < -0.4 is 10.2 Å². The van der Waals surface area contributed by atoms with Crippen molar-refractivity contribution in [3.05, 3.63) is 78.6 Å². The zero-order valence-electron chi connectivity index (χ0n) is 18.0. The van der Waals surface area contributed by atoms with Crippen LogP contribution in [0.2, 0.25) is 10.0 Å². The molecule has 35 heavy (non-hydrogen) atoms. The minimum atomic E-state index is -1.49. The molecule has 0 aliphatic heterocycles. The molecular weight excluding hydrogens is 521 g/mol. The van der Waals surface area contributed by atoms with Crippen LogP contribution in [-0.2, 0) is 4.79 Å². The molecule has 0 aliphatic carbocycles. The summed E-state index contributed by atoms with van der Waals surface area (Å²) in [5.41, 5.74) is 2.15. The van der Waals surface area contributed by atoms with E-state index in [1.807, 2.05) is 0 Å². The highest BCUT2D eigenvalue weighted by atomic mass is 35.5. The van der Waals surface area contributed by atoms with Gasteiger partial charge >= 0.3 is 11.9 Å². The number of amides is 1. The van der Waals surface area contributed by atoms with Crippen molar-refractivity contribution in [3.63, 3.8) is 0 Å². The maximum Gasteiger partial charge on any atom is 0.342 e. The summed E-state index contributed by atoms with van der Waals surface area (Å²) in [4.78, 5) is 46.2. The molecule has 0 fully saturated rings. The molecule has 0 bridgehead atoms. The predicted molar refractivity (Wildman–Crippen MR) is 131 cm³/mol. The molecule has 0 saturated heterocycles. The van der Waals surface area contributed by atoms with Crippen LogP contribution in [0, 0.1) is 10.1 Å². The van der Waals surface area contributed by atoms with Crippen LogP contribution in [-0.4, -0.2) is 33.6 Å². The van der Waals surface area contributed by atoms with Crippen molar-refractivity contribution in [1.82, 2.24) is 5.43 Å². The minimum Gasteiger partial charge on any atom is -0.477 e. The van der Waals surface area contributed by atoms with Gasteiger partial charge in [0, 0.05) is 23.9 Å². The van der Waals surface area contributed by atoms with Crippen molar-refractivity contribution < 1.29 is 29.2 Å². The van der Waals surface area contributed by atoms with E-state index >= 15 is 0 Å². The van der Waals surface area contributed by atoms with E-state index in [1.165, 1.54) is 18.3 Å². The van der Waals surface area contributed by atoms with Gasteiger partial charge in [-0.15, -0.1) is 11.3 Å². The molecule has 1 aromatic heterocycles. The molecule has 10 nitrogen and oxygen atoms in total. The molecule has 3 aromatic rings. The van der Waals surface area contributed by atoms with Crippen molar-refractivity contribution in [2.24, 2.45) is 5.10 Å². The number of esters is 1. The number of benzene rings is 2. The summed E-state index contributed by atoms with van der Waals surface area (Å²) in [6, 6.07) is 7.88. The first-order valence-corrected chi connectivity index (χ1v) is 11.2. The van der Waals surface area contributed by atoms with E-state index in [-0.39, 0.29) is 17.0 Å². The van der Waals surface area contributed by atoms with Gasteiger partial charge in [-0.3, -0.25) is 19.7 Å². The Labute approximate surface area is 211 Å². The van der Waals surface area contributed by atoms with Crippen LogP contribution in [0.15, 0.2) is 46.9 Å². The Morgan fingerprint density at radius 3 is 2.40 bits per heavy atom. The van der Waals surface area contributed by atoms with Gasteiger partial charge in [-0.1, -0.05) is 29.3 Å². The highest BCUT2D eigenvalue weighted by Crippen LogP contribution is 2.41. The number of carbonyl (C=O) groups is 3. The van der Waals surface area contributed by atoms with E-state index in [9.17, 15) is 24.5 Å². The van der Waals surface area contributed by atoms with Gasteiger partial charge in [0.1, 0.15) is 5.56 Å². The molecule has 2 N–H and O–H groups in total. The number of nitrogens with one attached hydrogen (secondary N) is 1. The lowest BCUT2D eigenvalue weighted by atomic mass is 10.1. The lowest BCUT2D eigenvalue weighted by Crippen LogP contribution is -2.20. The number of rotatable bonds is 7. The zero-order valence-corrected chi connectivity index (χ0v) is 20.3. The largest absolute Gasteiger partial charge is 0.477 e. The number of hydrazone groups is 1. The summed E-state index contributed by atoms with van der Waals surface area (Å²) in [6.07, 6.45) is 0. The molecule has 0 atom stereocenters. The fraction of sp³-hybridized carbons (Fsp3) is 0.0909. The molecular formula is C22H15Cl2N3O7S. The summed E-state index contributed by atoms with van der Waals surface area (Å²) in [5.74, 6) is -2.67. The Kier molecular flexibility index (Phi) is 7.85. The number of carboxylic acid groups (broad SMARTS) is 1. The first-order chi connectivity index (χ1) is 16.5. The van der Waals surface area contributed by atoms with Crippen LogP contribution in [0.5, 0.6) is 5.75 Å². The average molecular weight is 536 g/mol. The second-order valence-electron chi connectivity index (χ2n) is 6.96. The highest BCUT2D eigenvalue weighted by Gasteiger charge is 2.23. The van der Waals surface area contributed by atoms with E-state index in [2.05, 4.69) is 10.5 Å². The number of halogens is 2. The maximum atomic E-state index is 12.5. The molecule has 180 valence electrons. The molecule has 0 saturated carbocycles. The number of hydrogen-bond acceptors (Lipinski definition) is 8. The van der Waals surface area contributed by atoms with Gasteiger partial charge in [0.2, 0.25) is 0 Å². The number of carboxylic acids is 1. The fourth-order valence-corrected chi connectivity index (χ4v) is 4.28. The highest BCUT2D eigenvalue weighted by molar-refractivity contribution is 7.14. The van der Waals surface area contributed by atoms with Crippen molar-refractivity contribution in [3.8, 4) is 16.2 Å². The Hall–Kier alpha value is -3.80. The Morgan fingerprint density at radius 1 is 1.09 bits per heavy atom. The maximum absolute atomic E-state index is 12.5. The van der Waals surface area contributed by atoms with Gasteiger partial charge in [0.05, 0.1) is 31.1 Å². The molecule has 1 amide bonds. The molecule has 0 aliphatic rings. The molecule has 1 heterocycles. The molecule has 13 heteroatoms. The van der Waals surface area contributed by atoms with E-state index in [0.717, 1.165) is 18.2 Å². The first kappa shape index (κ1) is 25.8. The second kappa shape index (κ2) is 10.6. The van der Waals surface area contributed by atoms with Crippen LogP contribution in [0.1, 0.15) is 40.1 Å². The van der Waals surface area contributed by atoms with Gasteiger partial charge in [-0.05, 0) is 36.8 Å². The normalized spacial score (nSPS) is 11.1. The number of nitro benzene ring substituents is 1. The molecule has 0 radical (unpaired) electrons. The number of nitrogens with zero attached hydrogens (tertiary/aromatic N) is 2. The van der Waals surface area contributed by atoms with Gasteiger partial charge in [-0.25, -0.2) is 10.2 Å². The number of carbonyl (C=O) groups excluding carboxylic acids is 2. The number of aromatic carboxylic acids is 1. The third-order valence-corrected chi connectivity index (χ3v) is 6.32. The van der Waals surface area contributed by atoms with Crippen LogP contribution in [0.25, 0.3) is 10.4 Å². The number of nitro groups is 1. The zero-order chi connectivity index (χ0) is 25.9. The molecule has 0 spiro atoms. The Bertz CT molecular complexity index is 1400. The van der Waals surface area contributed by atoms with Crippen molar-refractivity contribution in [2.75, 3.05) is 0 Å². The summed E-state index contributed by atoms with van der Waals surface area (Å²) in [6.45, 7) is 2.80. The quantitative estimate of drug-likeness (QED) is 0.178. The SMILES string of the molecule is CC(=O)Oc1c(/C(C)=N/NC(=O)c2ccc(C(=O)O)c([N+](=O)[O-])c2)csc1-c1ccc(Cl)c(Cl)c1. The van der Waals surface area contributed by atoms with E-state index in [1.54, 1.807) is 30.5 Å². The van der Waals surface area contributed by atoms with Crippen molar-refractivity contribution >= 4 is 63.8 Å². The van der Waals surface area contributed by atoms with Crippen molar-refractivity contribution in [1.29, 1.82) is 0 Å². The van der Waals surface area contributed by atoms with Gasteiger partial charge in [0.25, 0.3) is 11.6 Å². The van der Waals surface area contributed by atoms with Crippen LogP contribution >= 0.6 is 34.5 Å². The number of thiophene rings is 1. The van der Waals surface area contributed by atoms with E-state index in [4.69, 9.17) is 33.0 Å². The third kappa shape index (κ3) is 5.83. The van der Waals surface area contributed by atoms with Gasteiger partial charge in [-0.2, -0.15) is 5.10 Å². The summed E-state index contributed by atoms with van der Waals surface area (Å²) in [7, 11) is 0. The van der Waals surface area contributed by atoms with Crippen LogP contribution in [0.3, 0.4) is 0 Å². The topological polar surface area (TPSA) is 148 Å². The summed E-state index contributed by atoms with van der Waals surface area (Å²) in [5, 5.41) is 26.6. The molecule has 0 unspecified atom stereocenters. The average Bonchev–Trinajstić information content (AvgIpc) is 3.21. The summed E-state index contributed by atoms with van der Waals surface area (Å²) < 4.78 is 5.40. The Balaban J connectivity index is 1.93. The molecule has 3 rings (SSSR count). The number of hydrogen-bond donors (Lipinski definition) is 2. The summed E-state index contributed by atoms with van der Waals surface area (Å²) >= 11 is 13.3. The first-order valence-electron chi connectivity index (χ1n) is 9.61. The standard InChI is InChI=1S/C22H15Cl2N3O7S/c1-10(25-26-21(29)13-3-5-14(22(30)31)18(8-13)27(32)33)15-9-35-20(19(15)34-11(2)28)12-4-6-16(23)17(24)7-12/h3-9H,1-2H3,(H,26,29)(H,30,31)/b25-10+. The fourth-order valence-electron chi connectivity index (χ4n) is 2.94. The van der Waals surface area contributed by atoms with Crippen molar-refractivity contribution in [2.45, 2.75) is 13.8 Å². The van der Waals surface area contributed by atoms with Gasteiger partial charge in [0.15, 0.2) is 5.75 Å². The van der Waals surface area contributed by atoms with Crippen LogP contribution in [0.4, 0.5) is 5.69 Å². The smallest absolute Gasteiger partial charge is 0.342 e. The Morgan fingerprint density at radius 2 is 1.80 bits per heavy atom. The second-order valence-corrected chi connectivity index (χ2v) is 8.66. The minimum absolute atomic E-state index is 0.166.